The molecule has 0 atom stereocenters. The fourth-order valence-corrected chi connectivity index (χ4v) is 5.45. The summed E-state index contributed by atoms with van der Waals surface area (Å²) in [7, 11) is 3.19. The van der Waals surface area contributed by atoms with Crippen LogP contribution in [0.4, 0.5) is 5.13 Å². The predicted octanol–water partition coefficient (Wildman–Crippen LogP) is 3.43. The van der Waals surface area contributed by atoms with Gasteiger partial charge in [0.1, 0.15) is 35.0 Å². The number of hydrogen-bond acceptors (Lipinski definition) is 11. The number of thiazole rings is 1. The smallest absolute Gasteiger partial charge is 0.294 e. The number of aromatic nitrogens is 6. The van der Waals surface area contributed by atoms with E-state index < -0.39 is 0 Å². The Balaban J connectivity index is 1.28. The van der Waals surface area contributed by atoms with Gasteiger partial charge in [-0.25, -0.2) is 19.0 Å². The zero-order valence-corrected chi connectivity index (χ0v) is 20.8. The highest BCUT2D eigenvalue weighted by Crippen LogP contribution is 2.34. The molecule has 1 fully saturated rings. The Bertz CT molecular complexity index is 1560. The third-order valence-corrected chi connectivity index (χ3v) is 7.75. The molecule has 0 aromatic carbocycles. The minimum Gasteiger partial charge on any atom is -0.495 e. The number of rotatable bonds is 7. The fraction of sp³-hybridized carbons (Fsp3) is 0.318. The molecule has 5 aromatic rings. The van der Waals surface area contributed by atoms with Gasteiger partial charge in [-0.2, -0.15) is 10.4 Å². The number of anilines is 1. The molecule has 6 rings (SSSR count). The molecule has 0 aliphatic carbocycles. The molecule has 1 aliphatic heterocycles. The van der Waals surface area contributed by atoms with Crippen LogP contribution in [0.25, 0.3) is 21.9 Å². The maximum Gasteiger partial charge on any atom is 0.294 e. The van der Waals surface area contributed by atoms with E-state index in [9.17, 15) is 0 Å². The molecule has 1 aliphatic rings. The molecule has 0 N–H and O–H groups in total. The van der Waals surface area contributed by atoms with E-state index in [1.54, 1.807) is 40.8 Å². The first-order valence-electron chi connectivity index (χ1n) is 10.8. The van der Waals surface area contributed by atoms with Gasteiger partial charge in [-0.3, -0.25) is 0 Å². The van der Waals surface area contributed by atoms with Crippen molar-refractivity contribution in [1.29, 1.82) is 5.26 Å². The van der Waals surface area contributed by atoms with Crippen LogP contribution in [-0.4, -0.2) is 56.5 Å². The molecule has 0 spiro atoms. The van der Waals surface area contributed by atoms with Crippen molar-refractivity contribution in [2.75, 3.05) is 32.2 Å². The molecule has 0 unspecified atom stereocenters. The molecular weight excluding hydrogens is 488 g/mol. The van der Waals surface area contributed by atoms with E-state index >= 15 is 0 Å². The van der Waals surface area contributed by atoms with Crippen molar-refractivity contribution >= 4 is 38.3 Å². The van der Waals surface area contributed by atoms with Crippen molar-refractivity contribution in [3.63, 3.8) is 0 Å². The maximum atomic E-state index is 9.03. The summed E-state index contributed by atoms with van der Waals surface area (Å²) in [6.07, 6.45) is 3.62. The van der Waals surface area contributed by atoms with Crippen molar-refractivity contribution in [3.05, 3.63) is 35.1 Å². The van der Waals surface area contributed by atoms with Gasteiger partial charge >= 0.3 is 0 Å². The summed E-state index contributed by atoms with van der Waals surface area (Å²) >= 11 is 2.98. The van der Waals surface area contributed by atoms with Crippen LogP contribution < -0.4 is 19.1 Å². The summed E-state index contributed by atoms with van der Waals surface area (Å²) in [5.41, 5.74) is 3.05. The average molecular weight is 509 g/mol. The first-order valence-corrected chi connectivity index (χ1v) is 12.4. The van der Waals surface area contributed by atoms with Crippen LogP contribution in [0.2, 0.25) is 0 Å². The van der Waals surface area contributed by atoms with Gasteiger partial charge in [0, 0.05) is 24.0 Å². The number of nitrogens with zero attached hydrogens (tertiary/aromatic N) is 8. The summed E-state index contributed by atoms with van der Waals surface area (Å²) in [4.78, 5) is 13.3. The third kappa shape index (κ3) is 3.80. The number of nitriles is 1. The van der Waals surface area contributed by atoms with E-state index in [2.05, 4.69) is 26.2 Å². The zero-order chi connectivity index (χ0) is 24.1. The quantitative estimate of drug-likeness (QED) is 0.326. The van der Waals surface area contributed by atoms with Crippen LogP contribution in [0.1, 0.15) is 10.6 Å². The first-order chi connectivity index (χ1) is 17.0. The van der Waals surface area contributed by atoms with Crippen LogP contribution >= 0.6 is 22.7 Å². The van der Waals surface area contributed by atoms with E-state index in [0.717, 1.165) is 39.3 Å². The standard InChI is InChI=1S/C22H20N8O3S2/c1-12-17(25-20(34-12)28-7-13(6-23)8-28)11-33-19-4-14(31-2)9-29-18(19)5-15(26-29)16-10-30-21(24-16)35-22(27-30)32-3/h4-5,9-10,13H,7-8,11H2,1-3H3. The number of hydrogen-bond donors (Lipinski definition) is 0. The minimum absolute atomic E-state index is 0.0870. The Morgan fingerprint density at radius 3 is 2.66 bits per heavy atom. The van der Waals surface area contributed by atoms with Crippen molar-refractivity contribution in [1.82, 2.24) is 29.2 Å². The van der Waals surface area contributed by atoms with E-state index in [0.29, 0.717) is 34.7 Å². The SMILES string of the molecule is COc1cc(OCc2nc(N3CC(C#N)C3)sc2C)c2cc(-c3cn4nc(OC)sc4n3)nn2c1. The fourth-order valence-electron chi connectivity index (χ4n) is 3.82. The Hall–Kier alpha value is -3.89. The van der Waals surface area contributed by atoms with Gasteiger partial charge in [-0.15, -0.1) is 16.4 Å². The van der Waals surface area contributed by atoms with Gasteiger partial charge in [0.15, 0.2) is 5.13 Å². The van der Waals surface area contributed by atoms with Crippen molar-refractivity contribution < 1.29 is 14.2 Å². The van der Waals surface area contributed by atoms with Gasteiger partial charge in [0.25, 0.3) is 5.19 Å². The number of pyridine rings is 1. The number of imidazole rings is 1. The number of methoxy groups -OCH3 is 2. The second-order valence-electron chi connectivity index (χ2n) is 8.05. The summed E-state index contributed by atoms with van der Waals surface area (Å²) in [6.45, 7) is 3.80. The van der Waals surface area contributed by atoms with Crippen LogP contribution in [0.15, 0.2) is 24.5 Å². The highest BCUT2D eigenvalue weighted by atomic mass is 32.1. The van der Waals surface area contributed by atoms with Crippen LogP contribution in [0.3, 0.4) is 0 Å². The van der Waals surface area contributed by atoms with E-state index in [1.165, 1.54) is 11.3 Å². The molecule has 1 saturated heterocycles. The van der Waals surface area contributed by atoms with Crippen molar-refractivity contribution in [2.45, 2.75) is 13.5 Å². The highest BCUT2D eigenvalue weighted by Gasteiger charge is 2.29. The lowest BCUT2D eigenvalue weighted by Crippen LogP contribution is -2.45. The molecule has 0 bridgehead atoms. The zero-order valence-electron chi connectivity index (χ0n) is 19.1. The average Bonchev–Trinajstić information content (AvgIpc) is 3.58. The molecule has 0 saturated carbocycles. The van der Waals surface area contributed by atoms with E-state index in [1.807, 2.05) is 25.3 Å². The topological polar surface area (TPSA) is 115 Å². The number of ether oxygens (including phenoxy) is 3. The summed E-state index contributed by atoms with van der Waals surface area (Å²) in [6, 6.07) is 6.07. The number of aryl methyl sites for hydroxylation is 1. The minimum atomic E-state index is 0.0870. The monoisotopic (exact) mass is 508 g/mol. The molecule has 0 amide bonds. The molecular formula is C22H20N8O3S2. The van der Waals surface area contributed by atoms with Gasteiger partial charge in [-0.1, -0.05) is 0 Å². The van der Waals surface area contributed by atoms with Crippen molar-refractivity contribution in [2.24, 2.45) is 5.92 Å². The second kappa shape index (κ2) is 8.40. The largest absolute Gasteiger partial charge is 0.495 e. The summed E-state index contributed by atoms with van der Waals surface area (Å²) < 4.78 is 20.3. The lowest BCUT2D eigenvalue weighted by molar-refractivity contribution is 0.301. The Morgan fingerprint density at radius 1 is 1.06 bits per heavy atom. The van der Waals surface area contributed by atoms with Gasteiger partial charge in [0.05, 0.1) is 44.3 Å². The number of fused-ring (bicyclic) bond motifs is 2. The van der Waals surface area contributed by atoms with Gasteiger partial charge < -0.3 is 19.1 Å². The first kappa shape index (κ1) is 21.6. The van der Waals surface area contributed by atoms with Gasteiger partial charge in [-0.05, 0) is 24.3 Å². The Kier molecular flexibility index (Phi) is 5.19. The maximum absolute atomic E-state index is 9.03. The molecule has 13 heteroatoms. The Labute approximate surface area is 207 Å². The summed E-state index contributed by atoms with van der Waals surface area (Å²) in [5, 5.41) is 19.5. The lowest BCUT2D eigenvalue weighted by atomic mass is 10.0. The molecule has 35 heavy (non-hydrogen) atoms. The molecule has 6 heterocycles. The van der Waals surface area contributed by atoms with E-state index in [4.69, 9.17) is 24.5 Å². The molecule has 5 aromatic heterocycles. The van der Waals surface area contributed by atoms with Gasteiger partial charge in [0.2, 0.25) is 4.96 Å². The normalized spacial score (nSPS) is 13.8. The third-order valence-electron chi connectivity index (χ3n) is 5.79. The second-order valence-corrected chi connectivity index (χ2v) is 10.1. The molecule has 0 radical (unpaired) electrons. The van der Waals surface area contributed by atoms with Crippen LogP contribution in [0, 0.1) is 24.2 Å². The van der Waals surface area contributed by atoms with Crippen LogP contribution in [0.5, 0.6) is 16.7 Å². The summed E-state index contributed by atoms with van der Waals surface area (Å²) in [5.74, 6) is 1.34. The van der Waals surface area contributed by atoms with Crippen molar-refractivity contribution in [3.8, 4) is 34.1 Å². The van der Waals surface area contributed by atoms with Crippen LogP contribution in [-0.2, 0) is 6.61 Å². The lowest BCUT2D eigenvalue weighted by Gasteiger charge is -2.34. The molecule has 11 nitrogen and oxygen atoms in total. The molecule has 178 valence electrons. The Morgan fingerprint density at radius 2 is 1.91 bits per heavy atom. The van der Waals surface area contributed by atoms with E-state index in [-0.39, 0.29) is 5.92 Å². The highest BCUT2D eigenvalue weighted by molar-refractivity contribution is 7.18. The predicted molar refractivity (Wildman–Crippen MR) is 131 cm³/mol.